The van der Waals surface area contributed by atoms with Crippen molar-refractivity contribution in [2.45, 2.75) is 31.8 Å². The number of thiophene rings is 1. The summed E-state index contributed by atoms with van der Waals surface area (Å²) in [6.07, 6.45) is 2.44. The molecule has 5 nitrogen and oxygen atoms in total. The maximum absolute atomic E-state index is 12.6. The number of carbonyl (C=O) groups is 2. The lowest BCUT2D eigenvalue weighted by Crippen LogP contribution is -2.35. The van der Waals surface area contributed by atoms with Crippen LogP contribution in [0.4, 0.5) is 0 Å². The highest BCUT2D eigenvalue weighted by atomic mass is 32.1. The topological polar surface area (TPSA) is 58.6 Å². The van der Waals surface area contributed by atoms with Gasteiger partial charge < -0.3 is 15.0 Å². The highest BCUT2D eigenvalue weighted by Gasteiger charge is 2.32. The molecule has 3 rings (SSSR count). The van der Waals surface area contributed by atoms with Gasteiger partial charge in [0.05, 0.1) is 7.11 Å². The number of hydrogen-bond acceptors (Lipinski definition) is 4. The highest BCUT2D eigenvalue weighted by molar-refractivity contribution is 7.08. The van der Waals surface area contributed by atoms with Crippen molar-refractivity contribution in [2.75, 3.05) is 13.7 Å². The van der Waals surface area contributed by atoms with Crippen LogP contribution in [-0.2, 0) is 11.3 Å². The zero-order valence-corrected chi connectivity index (χ0v) is 15.1. The van der Waals surface area contributed by atoms with Gasteiger partial charge in [-0.15, -0.1) is 0 Å². The normalized spacial score (nSPS) is 13.3. The van der Waals surface area contributed by atoms with Crippen molar-refractivity contribution in [3.8, 4) is 5.75 Å². The molecule has 2 aromatic rings. The number of benzene rings is 1. The molecule has 0 bridgehead atoms. The number of hydrogen-bond donors (Lipinski definition) is 1. The maximum atomic E-state index is 12.6. The van der Waals surface area contributed by atoms with Gasteiger partial charge in [-0.1, -0.05) is 12.1 Å². The summed E-state index contributed by atoms with van der Waals surface area (Å²) < 4.78 is 5.17. The molecule has 1 aliphatic rings. The molecule has 1 aliphatic carbocycles. The average Bonchev–Trinajstić information content (AvgIpc) is 3.32. The minimum atomic E-state index is -0.123. The minimum absolute atomic E-state index is 0.0870. The SMILES string of the molecule is COc1ccc(CN(C(=O)CCNC(=O)c2ccsc2)C2CC2)cc1. The molecule has 0 atom stereocenters. The van der Waals surface area contributed by atoms with Gasteiger partial charge in [0.2, 0.25) is 5.91 Å². The molecule has 1 aromatic heterocycles. The zero-order valence-electron chi connectivity index (χ0n) is 14.2. The molecule has 2 amide bonds. The van der Waals surface area contributed by atoms with Crippen molar-refractivity contribution in [3.63, 3.8) is 0 Å². The molecule has 1 fully saturated rings. The Bertz CT molecular complexity index is 709. The van der Waals surface area contributed by atoms with Gasteiger partial charge in [-0.3, -0.25) is 9.59 Å². The van der Waals surface area contributed by atoms with E-state index in [2.05, 4.69) is 5.32 Å². The van der Waals surface area contributed by atoms with E-state index in [0.29, 0.717) is 31.1 Å². The second-order valence-corrected chi connectivity index (χ2v) is 6.90. The number of rotatable bonds is 8. The van der Waals surface area contributed by atoms with Crippen LogP contribution in [0.15, 0.2) is 41.1 Å². The Labute approximate surface area is 151 Å². The molecule has 1 heterocycles. The molecule has 0 aliphatic heterocycles. The third-order valence-corrected chi connectivity index (χ3v) is 4.91. The monoisotopic (exact) mass is 358 g/mol. The lowest BCUT2D eigenvalue weighted by molar-refractivity contribution is -0.132. The summed E-state index contributed by atoms with van der Waals surface area (Å²) in [7, 11) is 1.64. The third kappa shape index (κ3) is 4.82. The maximum Gasteiger partial charge on any atom is 0.252 e. The van der Waals surface area contributed by atoms with Crippen molar-refractivity contribution < 1.29 is 14.3 Å². The fourth-order valence-electron chi connectivity index (χ4n) is 2.66. The Morgan fingerprint density at radius 1 is 1.24 bits per heavy atom. The largest absolute Gasteiger partial charge is 0.497 e. The lowest BCUT2D eigenvalue weighted by Gasteiger charge is -2.23. The summed E-state index contributed by atoms with van der Waals surface area (Å²) in [5, 5.41) is 6.48. The van der Waals surface area contributed by atoms with E-state index in [1.807, 2.05) is 34.5 Å². The summed E-state index contributed by atoms with van der Waals surface area (Å²) in [4.78, 5) is 26.4. The number of amides is 2. The first kappa shape index (κ1) is 17.5. The Balaban J connectivity index is 1.51. The number of ether oxygens (including phenoxy) is 1. The van der Waals surface area contributed by atoms with Crippen molar-refractivity contribution in [2.24, 2.45) is 0 Å². The van der Waals surface area contributed by atoms with E-state index in [4.69, 9.17) is 4.74 Å². The van der Waals surface area contributed by atoms with E-state index >= 15 is 0 Å². The number of methoxy groups -OCH3 is 1. The van der Waals surface area contributed by atoms with Crippen molar-refractivity contribution in [3.05, 3.63) is 52.2 Å². The van der Waals surface area contributed by atoms with E-state index in [9.17, 15) is 9.59 Å². The van der Waals surface area contributed by atoms with Crippen LogP contribution in [0, 0.1) is 0 Å². The Morgan fingerprint density at radius 3 is 2.60 bits per heavy atom. The second kappa shape index (κ2) is 8.16. The third-order valence-electron chi connectivity index (χ3n) is 4.23. The molecule has 0 unspecified atom stereocenters. The molecule has 1 saturated carbocycles. The van der Waals surface area contributed by atoms with Gasteiger partial charge >= 0.3 is 0 Å². The summed E-state index contributed by atoms with van der Waals surface area (Å²) in [6, 6.07) is 9.90. The van der Waals surface area contributed by atoms with Gasteiger partial charge in [-0.05, 0) is 42.0 Å². The van der Waals surface area contributed by atoms with Gasteiger partial charge in [0.1, 0.15) is 5.75 Å². The van der Waals surface area contributed by atoms with Gasteiger partial charge in [0.25, 0.3) is 5.91 Å². The van der Waals surface area contributed by atoms with Crippen LogP contribution in [0.3, 0.4) is 0 Å². The molecular formula is C19H22N2O3S. The van der Waals surface area contributed by atoms with Crippen LogP contribution >= 0.6 is 11.3 Å². The fourth-order valence-corrected chi connectivity index (χ4v) is 3.29. The van der Waals surface area contributed by atoms with E-state index in [0.717, 1.165) is 24.2 Å². The van der Waals surface area contributed by atoms with Crippen LogP contribution in [-0.4, -0.2) is 36.4 Å². The molecule has 0 spiro atoms. The Morgan fingerprint density at radius 2 is 2.00 bits per heavy atom. The quantitative estimate of drug-likeness (QED) is 0.789. The number of nitrogens with zero attached hydrogens (tertiary/aromatic N) is 1. The van der Waals surface area contributed by atoms with Crippen LogP contribution < -0.4 is 10.1 Å². The number of nitrogens with one attached hydrogen (secondary N) is 1. The lowest BCUT2D eigenvalue weighted by atomic mass is 10.2. The van der Waals surface area contributed by atoms with Crippen molar-refractivity contribution >= 4 is 23.2 Å². The molecule has 1 N–H and O–H groups in total. The number of carbonyl (C=O) groups excluding carboxylic acids is 2. The predicted octanol–water partition coefficient (Wildman–Crippen LogP) is 3.07. The van der Waals surface area contributed by atoms with Crippen LogP contribution in [0.5, 0.6) is 5.75 Å². The van der Waals surface area contributed by atoms with Crippen molar-refractivity contribution in [1.82, 2.24) is 10.2 Å². The summed E-state index contributed by atoms with van der Waals surface area (Å²) >= 11 is 1.48. The molecule has 0 saturated heterocycles. The van der Waals surface area contributed by atoms with Crippen LogP contribution in [0.1, 0.15) is 35.2 Å². The Hall–Kier alpha value is -2.34. The van der Waals surface area contributed by atoms with Gasteiger partial charge in [0, 0.05) is 36.5 Å². The second-order valence-electron chi connectivity index (χ2n) is 6.12. The molecule has 132 valence electrons. The van der Waals surface area contributed by atoms with Gasteiger partial charge in [-0.2, -0.15) is 11.3 Å². The predicted molar refractivity (Wildman–Crippen MR) is 97.8 cm³/mol. The van der Waals surface area contributed by atoms with E-state index < -0.39 is 0 Å². The highest BCUT2D eigenvalue weighted by Crippen LogP contribution is 2.29. The van der Waals surface area contributed by atoms with Crippen LogP contribution in [0.2, 0.25) is 0 Å². The summed E-state index contributed by atoms with van der Waals surface area (Å²) in [6.45, 7) is 0.964. The minimum Gasteiger partial charge on any atom is -0.497 e. The first-order valence-electron chi connectivity index (χ1n) is 8.40. The van der Waals surface area contributed by atoms with E-state index in [1.54, 1.807) is 18.6 Å². The first-order chi connectivity index (χ1) is 12.2. The van der Waals surface area contributed by atoms with E-state index in [-0.39, 0.29) is 11.8 Å². The summed E-state index contributed by atoms with van der Waals surface area (Å²) in [5.74, 6) is 0.773. The van der Waals surface area contributed by atoms with Crippen LogP contribution in [0.25, 0.3) is 0 Å². The molecular weight excluding hydrogens is 336 g/mol. The molecule has 0 radical (unpaired) electrons. The van der Waals surface area contributed by atoms with Crippen molar-refractivity contribution in [1.29, 1.82) is 0 Å². The van der Waals surface area contributed by atoms with Gasteiger partial charge in [-0.25, -0.2) is 0 Å². The summed E-state index contributed by atoms with van der Waals surface area (Å²) in [5.41, 5.74) is 1.73. The molecule has 1 aromatic carbocycles. The molecule has 6 heteroatoms. The molecule has 25 heavy (non-hydrogen) atoms. The Kier molecular flexibility index (Phi) is 5.71. The first-order valence-corrected chi connectivity index (χ1v) is 9.34. The fraction of sp³-hybridized carbons (Fsp3) is 0.368. The van der Waals surface area contributed by atoms with E-state index in [1.165, 1.54) is 11.3 Å². The smallest absolute Gasteiger partial charge is 0.252 e. The zero-order chi connectivity index (χ0) is 17.6. The standard InChI is InChI=1S/C19H22N2O3S/c1-24-17-6-2-14(3-7-17)12-21(16-4-5-16)18(22)8-10-20-19(23)15-9-11-25-13-15/h2-3,6-7,9,11,13,16H,4-5,8,10,12H2,1H3,(H,20,23). The average molecular weight is 358 g/mol. The van der Waals surface area contributed by atoms with Gasteiger partial charge in [0.15, 0.2) is 0 Å².